The van der Waals surface area contributed by atoms with E-state index in [1.54, 1.807) is 10.9 Å². The zero-order chi connectivity index (χ0) is 14.2. The first-order chi connectivity index (χ1) is 10.3. The van der Waals surface area contributed by atoms with E-state index in [0.717, 1.165) is 21.9 Å². The summed E-state index contributed by atoms with van der Waals surface area (Å²) in [5.41, 5.74) is 0.967. The molecule has 1 aromatic carbocycles. The first kappa shape index (κ1) is 12.4. The average Bonchev–Trinajstić information content (AvgIpc) is 2.99. The van der Waals surface area contributed by atoms with Crippen molar-refractivity contribution in [3.05, 3.63) is 51.9 Å². The molecule has 21 heavy (non-hydrogen) atoms. The summed E-state index contributed by atoms with van der Waals surface area (Å²) in [6.45, 7) is 1.59. The van der Waals surface area contributed by atoms with Gasteiger partial charge in [0.2, 0.25) is 0 Å². The molecule has 0 saturated carbocycles. The number of thiophene rings is 1. The Hall–Kier alpha value is -2.34. The van der Waals surface area contributed by atoms with Crippen LogP contribution in [0.15, 0.2) is 40.8 Å². The van der Waals surface area contributed by atoms with Gasteiger partial charge >= 0.3 is 0 Å². The van der Waals surface area contributed by atoms with E-state index in [4.69, 9.17) is 9.47 Å². The third-order valence-electron chi connectivity index (χ3n) is 3.41. The van der Waals surface area contributed by atoms with E-state index < -0.39 is 0 Å². The largest absolute Gasteiger partial charge is 0.486 e. The van der Waals surface area contributed by atoms with Crippen LogP contribution in [0.3, 0.4) is 0 Å². The second-order valence-corrected chi connectivity index (χ2v) is 5.69. The van der Waals surface area contributed by atoms with Crippen molar-refractivity contribution >= 4 is 21.6 Å². The Kier molecular flexibility index (Phi) is 2.89. The lowest BCUT2D eigenvalue weighted by molar-refractivity contribution is 0.171. The van der Waals surface area contributed by atoms with E-state index in [1.807, 2.05) is 29.6 Å². The smallest absolute Gasteiger partial charge is 0.262 e. The Morgan fingerprint density at radius 3 is 2.95 bits per heavy atom. The summed E-state index contributed by atoms with van der Waals surface area (Å²) in [4.78, 5) is 17.4. The summed E-state index contributed by atoms with van der Waals surface area (Å²) in [6, 6.07) is 7.55. The molecule has 0 aliphatic carbocycles. The minimum Gasteiger partial charge on any atom is -0.486 e. The molecule has 4 rings (SSSR count). The molecule has 106 valence electrons. The van der Waals surface area contributed by atoms with Crippen LogP contribution in [0.4, 0.5) is 0 Å². The van der Waals surface area contributed by atoms with Crippen molar-refractivity contribution in [3.8, 4) is 11.5 Å². The van der Waals surface area contributed by atoms with Gasteiger partial charge in [-0.05, 0) is 29.1 Å². The number of rotatable bonds is 2. The maximum Gasteiger partial charge on any atom is 0.262 e. The van der Waals surface area contributed by atoms with Crippen LogP contribution < -0.4 is 15.0 Å². The lowest BCUT2D eigenvalue weighted by Crippen LogP contribution is -2.21. The fourth-order valence-corrected chi connectivity index (χ4v) is 3.11. The Labute approximate surface area is 124 Å². The van der Waals surface area contributed by atoms with Gasteiger partial charge in [-0.1, -0.05) is 6.07 Å². The maximum absolute atomic E-state index is 12.4. The molecule has 5 nitrogen and oxygen atoms in total. The topological polar surface area (TPSA) is 53.4 Å². The van der Waals surface area contributed by atoms with Gasteiger partial charge in [0.05, 0.1) is 18.3 Å². The molecule has 3 heterocycles. The Bertz CT molecular complexity index is 869. The van der Waals surface area contributed by atoms with Crippen molar-refractivity contribution in [2.45, 2.75) is 6.54 Å². The van der Waals surface area contributed by atoms with Crippen molar-refractivity contribution in [2.75, 3.05) is 13.2 Å². The van der Waals surface area contributed by atoms with Gasteiger partial charge in [0.1, 0.15) is 18.0 Å². The molecule has 0 atom stereocenters. The van der Waals surface area contributed by atoms with Gasteiger partial charge in [0.15, 0.2) is 11.5 Å². The number of hydrogen-bond donors (Lipinski definition) is 0. The molecule has 3 aromatic rings. The summed E-state index contributed by atoms with van der Waals surface area (Å²) in [7, 11) is 0. The van der Waals surface area contributed by atoms with Crippen LogP contribution in [-0.4, -0.2) is 22.8 Å². The number of aromatic nitrogens is 2. The van der Waals surface area contributed by atoms with Crippen LogP contribution in [0.25, 0.3) is 10.2 Å². The molecule has 0 bridgehead atoms. The number of nitrogens with zero attached hydrogens (tertiary/aromatic N) is 2. The number of benzene rings is 1. The van der Waals surface area contributed by atoms with Gasteiger partial charge < -0.3 is 9.47 Å². The lowest BCUT2D eigenvalue weighted by atomic mass is 10.2. The second kappa shape index (κ2) is 4.89. The normalized spacial score (nSPS) is 13.5. The molecule has 0 unspecified atom stereocenters. The standard InChI is InChI=1S/C15H12N2O3S/c18-15-11-3-6-21-14(11)16-9-17(15)8-10-1-2-12-13(7-10)20-5-4-19-12/h1-3,6-7,9H,4-5,8H2. The summed E-state index contributed by atoms with van der Waals surface area (Å²) in [5, 5.41) is 2.55. The highest BCUT2D eigenvalue weighted by Crippen LogP contribution is 2.30. The zero-order valence-electron chi connectivity index (χ0n) is 11.1. The summed E-state index contributed by atoms with van der Waals surface area (Å²) in [5.74, 6) is 1.49. The highest BCUT2D eigenvalue weighted by Gasteiger charge is 2.12. The van der Waals surface area contributed by atoms with Gasteiger partial charge in [-0.3, -0.25) is 9.36 Å². The zero-order valence-corrected chi connectivity index (χ0v) is 11.9. The van der Waals surface area contributed by atoms with E-state index in [9.17, 15) is 4.79 Å². The first-order valence-electron chi connectivity index (χ1n) is 6.62. The highest BCUT2D eigenvalue weighted by molar-refractivity contribution is 7.16. The monoisotopic (exact) mass is 300 g/mol. The predicted octanol–water partition coefficient (Wildman–Crippen LogP) is 2.28. The number of fused-ring (bicyclic) bond motifs is 2. The number of hydrogen-bond acceptors (Lipinski definition) is 5. The summed E-state index contributed by atoms with van der Waals surface area (Å²) in [6.07, 6.45) is 1.60. The van der Waals surface area contributed by atoms with Gasteiger partial charge in [-0.15, -0.1) is 11.3 Å². The molecule has 0 radical (unpaired) electrons. The molecule has 1 aliphatic heterocycles. The minimum atomic E-state index is -0.0175. The van der Waals surface area contributed by atoms with E-state index in [1.165, 1.54) is 11.3 Å². The molecular formula is C15H12N2O3S. The molecule has 2 aromatic heterocycles. The van der Waals surface area contributed by atoms with Gasteiger partial charge in [0.25, 0.3) is 5.56 Å². The third-order valence-corrected chi connectivity index (χ3v) is 4.23. The molecule has 1 aliphatic rings. The second-order valence-electron chi connectivity index (χ2n) is 4.80. The van der Waals surface area contributed by atoms with Gasteiger partial charge in [-0.25, -0.2) is 4.98 Å². The van der Waals surface area contributed by atoms with E-state index in [-0.39, 0.29) is 5.56 Å². The predicted molar refractivity (Wildman–Crippen MR) is 80.4 cm³/mol. The van der Waals surface area contributed by atoms with Crippen molar-refractivity contribution in [1.29, 1.82) is 0 Å². The molecular weight excluding hydrogens is 288 g/mol. The fourth-order valence-electron chi connectivity index (χ4n) is 2.39. The number of ether oxygens (including phenoxy) is 2. The first-order valence-corrected chi connectivity index (χ1v) is 7.50. The summed E-state index contributed by atoms with van der Waals surface area (Å²) >= 11 is 1.47. The third kappa shape index (κ3) is 2.17. The van der Waals surface area contributed by atoms with Crippen molar-refractivity contribution < 1.29 is 9.47 Å². The van der Waals surface area contributed by atoms with Crippen LogP contribution in [0, 0.1) is 0 Å². The highest BCUT2D eigenvalue weighted by atomic mass is 32.1. The SMILES string of the molecule is O=c1c2ccsc2ncn1Cc1ccc2c(c1)OCCO2. The maximum atomic E-state index is 12.4. The average molecular weight is 300 g/mol. The molecule has 6 heteroatoms. The van der Waals surface area contributed by atoms with E-state index in [2.05, 4.69) is 4.98 Å². The Morgan fingerprint density at radius 1 is 1.19 bits per heavy atom. The van der Waals surface area contributed by atoms with Crippen LogP contribution in [0.5, 0.6) is 11.5 Å². The Balaban J connectivity index is 1.71. The van der Waals surface area contributed by atoms with E-state index in [0.29, 0.717) is 25.1 Å². The summed E-state index contributed by atoms with van der Waals surface area (Å²) < 4.78 is 12.7. The van der Waals surface area contributed by atoms with Crippen LogP contribution in [0.2, 0.25) is 0 Å². The minimum absolute atomic E-state index is 0.0175. The van der Waals surface area contributed by atoms with Crippen molar-refractivity contribution in [1.82, 2.24) is 9.55 Å². The van der Waals surface area contributed by atoms with Crippen LogP contribution in [0.1, 0.15) is 5.56 Å². The van der Waals surface area contributed by atoms with Gasteiger partial charge in [-0.2, -0.15) is 0 Å². The van der Waals surface area contributed by atoms with Crippen LogP contribution >= 0.6 is 11.3 Å². The fraction of sp³-hybridized carbons (Fsp3) is 0.200. The van der Waals surface area contributed by atoms with Crippen LogP contribution in [-0.2, 0) is 6.54 Å². The quantitative estimate of drug-likeness (QED) is 0.728. The molecule has 0 saturated heterocycles. The molecule has 0 N–H and O–H groups in total. The Morgan fingerprint density at radius 2 is 2.05 bits per heavy atom. The van der Waals surface area contributed by atoms with Crippen molar-refractivity contribution in [3.63, 3.8) is 0 Å². The molecule has 0 fully saturated rings. The van der Waals surface area contributed by atoms with Crippen molar-refractivity contribution in [2.24, 2.45) is 0 Å². The molecule has 0 amide bonds. The van der Waals surface area contributed by atoms with Gasteiger partial charge in [0, 0.05) is 0 Å². The van der Waals surface area contributed by atoms with E-state index >= 15 is 0 Å². The lowest BCUT2D eigenvalue weighted by Gasteiger charge is -2.19. The molecule has 0 spiro atoms.